The maximum atomic E-state index is 9.56. The monoisotopic (exact) mass is 227 g/mol. The maximum Gasteiger partial charge on any atom is 3.00 e. The minimum Gasteiger partial charge on any atom is -1.00 e. The van der Waals surface area contributed by atoms with Crippen LogP contribution in [0.15, 0.2) is 0 Å². The summed E-state index contributed by atoms with van der Waals surface area (Å²) in [5, 5.41) is 7.79. The summed E-state index contributed by atoms with van der Waals surface area (Å²) in [6.45, 7) is 1.000. The molecule has 0 aliphatic heterocycles. The second-order valence-electron chi connectivity index (χ2n) is 0.860. The molecule has 0 spiro atoms. The Morgan fingerprint density at radius 3 is 1.44 bits per heavy atom. The van der Waals surface area contributed by atoms with Gasteiger partial charge in [0.15, 0.2) is 5.78 Å². The van der Waals surface area contributed by atoms with Crippen molar-refractivity contribution in [3.8, 4) is 0 Å². The molecule has 0 aromatic heterocycles. The van der Waals surface area contributed by atoms with E-state index in [0.29, 0.717) is 0 Å². The molecule has 0 bridgehead atoms. The van der Waals surface area contributed by atoms with Gasteiger partial charge in [-0.05, 0) is 6.92 Å². The Morgan fingerprint density at radius 1 is 1.33 bits per heavy atom. The van der Waals surface area contributed by atoms with Gasteiger partial charge in [-0.1, -0.05) is 0 Å². The van der Waals surface area contributed by atoms with Crippen molar-refractivity contribution in [3.05, 3.63) is 0 Å². The summed E-state index contributed by atoms with van der Waals surface area (Å²) < 4.78 is 0. The Balaban J connectivity index is -0.0000000133. The summed E-state index contributed by atoms with van der Waals surface area (Å²) >= 11 is 0. The number of aliphatic hydroxyl groups excluding tert-OH is 1. The largest absolute Gasteiger partial charge is 3.00 e. The predicted molar refractivity (Wildman–Crippen MR) is 17.8 cm³/mol. The molecule has 0 amide bonds. The molecular weight excluding hydrogens is 222 g/mol. The number of halogens is 3. The predicted octanol–water partition coefficient (Wildman–Crippen LogP) is -9.42. The average molecular weight is 228 g/mol. The third-order valence-corrected chi connectivity index (χ3v) is 0.223. The number of hydrogen-bond donors (Lipinski definition) is 1. The van der Waals surface area contributed by atoms with Gasteiger partial charge in [0.05, 0.1) is 0 Å². The van der Waals surface area contributed by atoms with Crippen molar-refractivity contribution < 1.29 is 68.8 Å². The van der Waals surface area contributed by atoms with E-state index in [1.807, 2.05) is 0 Å². The van der Waals surface area contributed by atoms with Crippen LogP contribution in [0, 0.1) is 0 Å². The van der Waals surface area contributed by atoms with E-state index in [-0.39, 0.29) is 71.3 Å². The van der Waals surface area contributed by atoms with Gasteiger partial charge in [0.2, 0.25) is 0 Å². The number of rotatable bonds is 1. The van der Waals surface area contributed by atoms with Crippen LogP contribution in [0.2, 0.25) is 0 Å². The van der Waals surface area contributed by atoms with Crippen LogP contribution in [0.5, 0.6) is 0 Å². The first-order chi connectivity index (χ1) is 2.27. The molecule has 2 nitrogen and oxygen atoms in total. The molecule has 0 saturated heterocycles. The molecule has 0 atom stereocenters. The van der Waals surface area contributed by atoms with Crippen molar-refractivity contribution in [1.82, 2.24) is 0 Å². The van der Waals surface area contributed by atoms with Gasteiger partial charge in [0, 0.05) is 0 Å². The first kappa shape index (κ1) is 31.9. The van der Waals surface area contributed by atoms with E-state index >= 15 is 0 Å². The zero-order chi connectivity index (χ0) is 4.28. The van der Waals surface area contributed by atoms with E-state index in [2.05, 4.69) is 0 Å². The molecule has 0 aromatic carbocycles. The van der Waals surface area contributed by atoms with E-state index in [4.69, 9.17) is 5.11 Å². The fourth-order valence-electron chi connectivity index (χ4n) is 0. The molecule has 0 aliphatic carbocycles. The summed E-state index contributed by atoms with van der Waals surface area (Å²) in [4.78, 5) is 9.56. The molecule has 0 fully saturated rings. The molecule has 1 N–H and O–H groups in total. The van der Waals surface area contributed by atoms with Gasteiger partial charge >= 0.3 is 21.7 Å². The Hall–Kier alpha value is 1.21. The van der Waals surface area contributed by atoms with Gasteiger partial charge in [-0.25, -0.2) is 0 Å². The smallest absolute Gasteiger partial charge is 1.00 e. The van der Waals surface area contributed by atoms with E-state index in [9.17, 15) is 4.79 Å². The van der Waals surface area contributed by atoms with E-state index in [0.717, 1.165) is 0 Å². The van der Waals surface area contributed by atoms with Crippen LogP contribution in [-0.4, -0.2) is 17.5 Å². The SMILES string of the molecule is CC(=O)CO.[Cl-].[Cl-].[Cl-].[Ti+3]. The zero-order valence-electron chi connectivity index (χ0n) is 4.70. The molecule has 0 rings (SSSR count). The Bertz CT molecular complexity index is 52.3. The van der Waals surface area contributed by atoms with Gasteiger partial charge in [-0.3, -0.25) is 4.79 Å². The summed E-state index contributed by atoms with van der Waals surface area (Å²) in [6, 6.07) is 0. The van der Waals surface area contributed by atoms with Crippen molar-refractivity contribution in [2.24, 2.45) is 0 Å². The van der Waals surface area contributed by atoms with Gasteiger partial charge in [-0.15, -0.1) is 0 Å². The summed E-state index contributed by atoms with van der Waals surface area (Å²) in [5.41, 5.74) is 0. The van der Waals surface area contributed by atoms with Crippen molar-refractivity contribution in [2.75, 3.05) is 6.61 Å². The van der Waals surface area contributed by atoms with Crippen LogP contribution in [0.25, 0.3) is 0 Å². The number of Topliss-reactive ketones (excluding diaryl/α,β-unsaturated/α-hetero) is 1. The molecule has 0 aromatic rings. The van der Waals surface area contributed by atoms with E-state index < -0.39 is 0 Å². The van der Waals surface area contributed by atoms with Gasteiger partial charge in [-0.2, -0.15) is 0 Å². The van der Waals surface area contributed by atoms with Gasteiger partial charge in [0.25, 0.3) is 0 Å². The zero-order valence-corrected chi connectivity index (χ0v) is 8.53. The first-order valence-electron chi connectivity index (χ1n) is 1.37. The second kappa shape index (κ2) is 22.9. The number of carbonyl (C=O) groups excluding carboxylic acids is 1. The molecule has 9 heavy (non-hydrogen) atoms. The number of carbonyl (C=O) groups is 1. The van der Waals surface area contributed by atoms with Crippen molar-refractivity contribution in [2.45, 2.75) is 6.92 Å². The molecule has 0 heterocycles. The first-order valence-corrected chi connectivity index (χ1v) is 1.37. The van der Waals surface area contributed by atoms with Crippen LogP contribution in [-0.2, 0) is 26.5 Å². The second-order valence-corrected chi connectivity index (χ2v) is 0.860. The van der Waals surface area contributed by atoms with Gasteiger partial charge < -0.3 is 42.3 Å². The van der Waals surface area contributed by atoms with Crippen LogP contribution in [0.3, 0.4) is 0 Å². The molecule has 55 valence electrons. The van der Waals surface area contributed by atoms with Crippen molar-refractivity contribution in [1.29, 1.82) is 0 Å². The fourth-order valence-corrected chi connectivity index (χ4v) is 0. The molecule has 1 radical (unpaired) electrons. The Kier molecular flexibility index (Phi) is 81.0. The molecule has 6 heteroatoms. The fraction of sp³-hybridized carbons (Fsp3) is 0.667. The third kappa shape index (κ3) is 46.4. The summed E-state index contributed by atoms with van der Waals surface area (Å²) in [7, 11) is 0. The normalized spacial score (nSPS) is 4.22. The average Bonchev–Trinajstić information content (AvgIpc) is 1.38. The molecule has 0 saturated carbocycles. The van der Waals surface area contributed by atoms with Crippen LogP contribution in [0.1, 0.15) is 6.92 Å². The van der Waals surface area contributed by atoms with Crippen LogP contribution >= 0.6 is 0 Å². The van der Waals surface area contributed by atoms with E-state index in [1.54, 1.807) is 0 Å². The standard InChI is InChI=1S/C3H6O2.3ClH.Ti/c1-3(5)2-4;;;;/h4H,2H2,1H3;3*1H;/q;;;;+3/p-3. The van der Waals surface area contributed by atoms with Gasteiger partial charge in [0.1, 0.15) is 6.61 Å². The van der Waals surface area contributed by atoms with Crippen molar-refractivity contribution in [3.63, 3.8) is 0 Å². The summed E-state index contributed by atoms with van der Waals surface area (Å²) in [5.74, 6) is -0.190. The minimum atomic E-state index is -0.333. The maximum absolute atomic E-state index is 9.56. The van der Waals surface area contributed by atoms with Crippen molar-refractivity contribution >= 4 is 5.78 Å². The number of aliphatic hydroxyl groups is 1. The third-order valence-electron chi connectivity index (χ3n) is 0.223. The number of hydrogen-bond acceptors (Lipinski definition) is 2. The molecular formula is C3H6Cl3O2Ti. The quantitative estimate of drug-likeness (QED) is 0.453. The molecule has 0 aliphatic rings. The summed E-state index contributed by atoms with van der Waals surface area (Å²) in [6.07, 6.45) is 0. The van der Waals surface area contributed by atoms with E-state index in [1.165, 1.54) is 6.92 Å². The molecule has 0 unspecified atom stereocenters. The minimum absolute atomic E-state index is 0. The van der Waals surface area contributed by atoms with Crippen LogP contribution < -0.4 is 37.2 Å². The Labute approximate surface area is 87.9 Å². The number of ketones is 1. The van der Waals surface area contributed by atoms with Crippen LogP contribution in [0.4, 0.5) is 0 Å². The topological polar surface area (TPSA) is 37.3 Å². The Morgan fingerprint density at radius 2 is 1.44 bits per heavy atom.